The van der Waals surface area contributed by atoms with Crippen LogP contribution in [0.1, 0.15) is 0 Å². The van der Waals surface area contributed by atoms with E-state index in [-0.39, 0.29) is 0 Å². The van der Waals surface area contributed by atoms with Crippen LogP contribution in [-0.4, -0.2) is 12.0 Å². The van der Waals surface area contributed by atoms with Gasteiger partial charge in [0.25, 0.3) is 0 Å². The molecule has 0 saturated heterocycles. The standard InChI is InChI=1S/C7H5ClN2.CH2N2/c8-6-1-3-7(4-2-6)10-5-9;2-1-3/h1-4,9H;2-3H. The molecule has 0 heterocycles. The molecule has 0 aliphatic carbocycles. The largest absolute Gasteiger partial charge is 0.242 e. The van der Waals surface area contributed by atoms with Crippen molar-refractivity contribution in [2.45, 2.75) is 0 Å². The Morgan fingerprint density at radius 1 is 1.08 bits per heavy atom. The second kappa shape index (κ2) is 6.95. The Balaban J connectivity index is 0.000000424. The molecule has 0 amide bonds. The zero-order chi connectivity index (χ0) is 10.1. The number of aliphatic imine (C=N–C) groups is 1. The Morgan fingerprint density at radius 2 is 1.54 bits per heavy atom. The SMILES string of the molecule is N=C=N.N=C=Nc1ccc(Cl)cc1. The number of rotatable bonds is 1. The molecule has 0 bridgehead atoms. The monoisotopic (exact) mass is 194 g/mol. The molecule has 0 unspecified atom stereocenters. The van der Waals surface area contributed by atoms with Gasteiger partial charge in [0.15, 0.2) is 0 Å². The van der Waals surface area contributed by atoms with Crippen LogP contribution in [0.2, 0.25) is 5.02 Å². The van der Waals surface area contributed by atoms with Crippen molar-refractivity contribution in [1.29, 1.82) is 16.2 Å². The first kappa shape index (κ1) is 11.3. The van der Waals surface area contributed by atoms with Gasteiger partial charge in [0.2, 0.25) is 0 Å². The molecule has 13 heavy (non-hydrogen) atoms. The van der Waals surface area contributed by atoms with E-state index in [0.29, 0.717) is 10.7 Å². The second-order valence-electron chi connectivity index (χ2n) is 1.83. The lowest BCUT2D eigenvalue weighted by molar-refractivity contribution is 1.47. The lowest BCUT2D eigenvalue weighted by Crippen LogP contribution is -1.62. The maximum absolute atomic E-state index is 6.54. The average Bonchev–Trinajstić information content (AvgIpc) is 2.11. The molecular formula is C8H7ClN4. The quantitative estimate of drug-likeness (QED) is 0.574. The molecule has 1 aromatic rings. The summed E-state index contributed by atoms with van der Waals surface area (Å²) in [5, 5.41) is 18.5. The fourth-order valence-electron chi connectivity index (χ4n) is 0.580. The van der Waals surface area contributed by atoms with Crippen LogP contribution in [0.25, 0.3) is 0 Å². The van der Waals surface area contributed by atoms with Gasteiger partial charge in [-0.15, -0.1) is 0 Å². The summed E-state index contributed by atoms with van der Waals surface area (Å²) >= 11 is 5.60. The molecule has 0 aliphatic rings. The van der Waals surface area contributed by atoms with E-state index in [1.807, 2.05) is 6.01 Å². The average molecular weight is 195 g/mol. The van der Waals surface area contributed by atoms with Gasteiger partial charge in [0.1, 0.15) is 0 Å². The Morgan fingerprint density at radius 3 is 1.92 bits per heavy atom. The van der Waals surface area contributed by atoms with Crippen LogP contribution in [-0.2, 0) is 0 Å². The molecule has 1 aromatic carbocycles. The molecule has 66 valence electrons. The molecule has 0 saturated carbocycles. The number of hydrogen-bond acceptors (Lipinski definition) is 4. The number of nitrogens with zero attached hydrogens (tertiary/aromatic N) is 1. The minimum atomic E-state index is 0.670. The van der Waals surface area contributed by atoms with Gasteiger partial charge < -0.3 is 0 Å². The Bertz CT molecular complexity index is 332. The van der Waals surface area contributed by atoms with Crippen molar-refractivity contribution in [2.75, 3.05) is 0 Å². The van der Waals surface area contributed by atoms with Gasteiger partial charge in [-0.2, -0.15) is 4.99 Å². The van der Waals surface area contributed by atoms with E-state index in [1.54, 1.807) is 24.3 Å². The van der Waals surface area contributed by atoms with Crippen LogP contribution in [0.15, 0.2) is 29.3 Å². The van der Waals surface area contributed by atoms with Crippen molar-refractivity contribution in [3.8, 4) is 0 Å². The normalized spacial score (nSPS) is 7.15. The Labute approximate surface area is 80.4 Å². The van der Waals surface area contributed by atoms with Crippen LogP contribution in [0.5, 0.6) is 0 Å². The zero-order valence-corrected chi connectivity index (χ0v) is 7.39. The van der Waals surface area contributed by atoms with E-state index in [1.165, 1.54) is 6.01 Å². The minimum absolute atomic E-state index is 0.670. The van der Waals surface area contributed by atoms with Crippen LogP contribution in [0.4, 0.5) is 5.69 Å². The predicted octanol–water partition coefficient (Wildman–Crippen LogP) is 3.04. The highest BCUT2D eigenvalue weighted by Crippen LogP contribution is 2.14. The lowest BCUT2D eigenvalue weighted by atomic mass is 10.3. The summed E-state index contributed by atoms with van der Waals surface area (Å²) < 4.78 is 0. The summed E-state index contributed by atoms with van der Waals surface area (Å²) in [7, 11) is 0. The topological polar surface area (TPSA) is 83.9 Å². The van der Waals surface area contributed by atoms with Crippen molar-refractivity contribution in [1.82, 2.24) is 0 Å². The highest BCUT2D eigenvalue weighted by Gasteiger charge is 1.86. The van der Waals surface area contributed by atoms with Gasteiger partial charge in [-0.25, -0.2) is 16.2 Å². The maximum Gasteiger partial charge on any atom is 0.0918 e. The first-order valence-electron chi connectivity index (χ1n) is 3.21. The fourth-order valence-corrected chi connectivity index (χ4v) is 0.706. The van der Waals surface area contributed by atoms with Crippen molar-refractivity contribution >= 4 is 29.3 Å². The van der Waals surface area contributed by atoms with Gasteiger partial charge in [-0.3, -0.25) is 0 Å². The highest BCUT2D eigenvalue weighted by atomic mass is 35.5. The molecule has 0 fully saturated rings. The third kappa shape index (κ3) is 5.53. The molecule has 5 heteroatoms. The van der Waals surface area contributed by atoms with Gasteiger partial charge in [-0.05, 0) is 24.3 Å². The number of halogens is 1. The summed E-state index contributed by atoms with van der Waals surface area (Å²) in [6.45, 7) is 0. The van der Waals surface area contributed by atoms with Gasteiger partial charge >= 0.3 is 0 Å². The van der Waals surface area contributed by atoms with Crippen molar-refractivity contribution in [3.05, 3.63) is 29.3 Å². The Kier molecular flexibility index (Phi) is 6.02. The van der Waals surface area contributed by atoms with Crippen molar-refractivity contribution in [3.63, 3.8) is 0 Å². The molecule has 0 radical (unpaired) electrons. The van der Waals surface area contributed by atoms with E-state index in [9.17, 15) is 0 Å². The van der Waals surface area contributed by atoms with E-state index >= 15 is 0 Å². The molecule has 1 rings (SSSR count). The first-order chi connectivity index (χ1) is 6.24. The Hall–Kier alpha value is -1.73. The summed E-state index contributed by atoms with van der Waals surface area (Å²) in [6.07, 6.45) is 0. The molecule has 0 spiro atoms. The van der Waals surface area contributed by atoms with Crippen LogP contribution in [0.3, 0.4) is 0 Å². The van der Waals surface area contributed by atoms with E-state index in [4.69, 9.17) is 27.8 Å². The number of hydrogen-bond donors (Lipinski definition) is 3. The minimum Gasteiger partial charge on any atom is -0.242 e. The summed E-state index contributed by atoms with van der Waals surface area (Å²) in [4.78, 5) is 3.61. The van der Waals surface area contributed by atoms with Crippen LogP contribution in [0, 0.1) is 16.2 Å². The summed E-state index contributed by atoms with van der Waals surface area (Å²) in [6, 6.07) is 10.1. The fraction of sp³-hybridized carbons (Fsp3) is 0. The van der Waals surface area contributed by atoms with Crippen LogP contribution >= 0.6 is 11.6 Å². The third-order valence-electron chi connectivity index (χ3n) is 1.01. The van der Waals surface area contributed by atoms with Crippen molar-refractivity contribution in [2.24, 2.45) is 4.99 Å². The first-order valence-corrected chi connectivity index (χ1v) is 3.59. The predicted molar refractivity (Wildman–Crippen MR) is 51.7 cm³/mol. The molecule has 0 aromatic heterocycles. The number of benzene rings is 1. The van der Waals surface area contributed by atoms with Gasteiger partial charge in [0, 0.05) is 5.02 Å². The number of nitrogens with one attached hydrogen (secondary N) is 3. The van der Waals surface area contributed by atoms with Crippen LogP contribution < -0.4 is 0 Å². The molecule has 4 nitrogen and oxygen atoms in total. The molecule has 3 N–H and O–H groups in total. The maximum atomic E-state index is 6.54. The second-order valence-corrected chi connectivity index (χ2v) is 2.26. The molecule has 0 aliphatic heterocycles. The smallest absolute Gasteiger partial charge is 0.0918 e. The van der Waals surface area contributed by atoms with E-state index in [0.717, 1.165) is 0 Å². The highest BCUT2D eigenvalue weighted by molar-refractivity contribution is 6.30. The lowest BCUT2D eigenvalue weighted by Gasteiger charge is -1.88. The molecule has 0 atom stereocenters. The van der Waals surface area contributed by atoms with E-state index in [2.05, 4.69) is 4.99 Å². The zero-order valence-electron chi connectivity index (χ0n) is 6.63. The van der Waals surface area contributed by atoms with Gasteiger partial charge in [-0.1, -0.05) is 11.6 Å². The molecular weight excluding hydrogens is 188 g/mol. The summed E-state index contributed by atoms with van der Waals surface area (Å²) in [5.41, 5.74) is 0.694. The third-order valence-corrected chi connectivity index (χ3v) is 1.26. The summed E-state index contributed by atoms with van der Waals surface area (Å²) in [5.74, 6) is 0. The van der Waals surface area contributed by atoms with Crippen molar-refractivity contribution < 1.29 is 0 Å². The van der Waals surface area contributed by atoms with E-state index < -0.39 is 0 Å². The van der Waals surface area contributed by atoms with Gasteiger partial charge in [0.05, 0.1) is 17.7 Å².